The molecule has 0 radical (unpaired) electrons. The van der Waals surface area contributed by atoms with Gasteiger partial charge in [-0.2, -0.15) is 4.31 Å². The minimum absolute atomic E-state index is 0.177. The number of hydrogen-bond acceptors (Lipinski definition) is 4. The number of aryl methyl sites for hydroxylation is 2. The molecule has 1 heterocycles. The molecule has 6 nitrogen and oxygen atoms in total. The van der Waals surface area contributed by atoms with Crippen LogP contribution in [0, 0.1) is 0 Å². The lowest BCUT2D eigenvalue weighted by Crippen LogP contribution is -2.35. The standard InChI is InChI=1S/C23H30N2O4S/c1-3-18-7-9-19(10-8-18)11-14-23(26)24-21-17-20(12-13-22(21)29-2)30(27,28)25-15-5-4-6-16-25/h7-10,12-13,17H,3-6,11,14-16H2,1-2H3,(H,24,26). The predicted molar refractivity (Wildman–Crippen MR) is 118 cm³/mol. The number of nitrogens with one attached hydrogen (secondary N) is 1. The third kappa shape index (κ3) is 5.40. The molecular formula is C23H30N2O4S. The van der Waals surface area contributed by atoms with Crippen molar-refractivity contribution >= 4 is 21.6 Å². The Morgan fingerprint density at radius 2 is 1.70 bits per heavy atom. The molecule has 0 bridgehead atoms. The van der Waals surface area contributed by atoms with E-state index in [9.17, 15) is 13.2 Å². The fourth-order valence-electron chi connectivity index (χ4n) is 3.61. The van der Waals surface area contributed by atoms with Crippen molar-refractivity contribution in [3.63, 3.8) is 0 Å². The number of amides is 1. The molecule has 7 heteroatoms. The van der Waals surface area contributed by atoms with Crippen molar-refractivity contribution in [3.05, 3.63) is 53.6 Å². The number of nitrogens with zero attached hydrogens (tertiary/aromatic N) is 1. The summed E-state index contributed by atoms with van der Waals surface area (Å²) in [6, 6.07) is 12.9. The van der Waals surface area contributed by atoms with E-state index < -0.39 is 10.0 Å². The van der Waals surface area contributed by atoms with Crippen LogP contribution >= 0.6 is 0 Å². The molecule has 0 unspecified atom stereocenters. The molecule has 0 atom stereocenters. The summed E-state index contributed by atoms with van der Waals surface area (Å²) in [7, 11) is -2.08. The van der Waals surface area contributed by atoms with Crippen molar-refractivity contribution in [2.24, 2.45) is 0 Å². The van der Waals surface area contributed by atoms with Crippen molar-refractivity contribution < 1.29 is 17.9 Å². The Balaban J connectivity index is 1.70. The molecule has 1 N–H and O–H groups in total. The number of rotatable bonds is 8. The summed E-state index contributed by atoms with van der Waals surface area (Å²) >= 11 is 0. The largest absolute Gasteiger partial charge is 0.495 e. The fraction of sp³-hybridized carbons (Fsp3) is 0.435. The van der Waals surface area contributed by atoms with Crippen molar-refractivity contribution in [2.45, 2.75) is 50.3 Å². The quantitative estimate of drug-likeness (QED) is 0.687. The topological polar surface area (TPSA) is 75.7 Å². The maximum absolute atomic E-state index is 13.0. The minimum Gasteiger partial charge on any atom is -0.495 e. The van der Waals surface area contributed by atoms with Gasteiger partial charge in [-0.05, 0) is 55.0 Å². The molecule has 1 aliphatic heterocycles. The molecule has 2 aromatic rings. The summed E-state index contributed by atoms with van der Waals surface area (Å²) < 4.78 is 32.8. The molecule has 3 rings (SSSR count). The number of benzene rings is 2. The van der Waals surface area contributed by atoms with Crippen molar-refractivity contribution in [3.8, 4) is 5.75 Å². The maximum atomic E-state index is 13.0. The van der Waals surface area contributed by atoms with Gasteiger partial charge < -0.3 is 10.1 Å². The highest BCUT2D eigenvalue weighted by Crippen LogP contribution is 2.30. The number of hydrogen-bond donors (Lipinski definition) is 1. The molecule has 30 heavy (non-hydrogen) atoms. The number of ether oxygens (including phenoxy) is 1. The third-order valence-electron chi connectivity index (χ3n) is 5.47. The van der Waals surface area contributed by atoms with E-state index >= 15 is 0 Å². The molecule has 2 aromatic carbocycles. The molecule has 0 spiro atoms. The minimum atomic E-state index is -3.58. The van der Waals surface area contributed by atoms with Crippen LogP contribution in [0.2, 0.25) is 0 Å². The lowest BCUT2D eigenvalue weighted by Gasteiger charge is -2.26. The Kier molecular flexibility index (Phi) is 7.50. The van der Waals surface area contributed by atoms with Crippen molar-refractivity contribution in [1.29, 1.82) is 0 Å². The first-order valence-electron chi connectivity index (χ1n) is 10.5. The van der Waals surface area contributed by atoms with E-state index in [1.807, 2.05) is 12.1 Å². The van der Waals surface area contributed by atoms with Crippen LogP contribution in [-0.2, 0) is 27.7 Å². The van der Waals surface area contributed by atoms with Crippen LogP contribution in [0.25, 0.3) is 0 Å². The Hall–Kier alpha value is -2.38. The summed E-state index contributed by atoms with van der Waals surface area (Å²) in [6.07, 6.45) is 4.70. The van der Waals surface area contributed by atoms with E-state index in [1.165, 1.54) is 29.1 Å². The van der Waals surface area contributed by atoms with Crippen LogP contribution in [-0.4, -0.2) is 38.8 Å². The lowest BCUT2D eigenvalue weighted by molar-refractivity contribution is -0.116. The summed E-state index contributed by atoms with van der Waals surface area (Å²) in [6.45, 7) is 3.18. The number of carbonyl (C=O) groups is 1. The van der Waals surface area contributed by atoms with Crippen LogP contribution in [0.5, 0.6) is 5.75 Å². The Morgan fingerprint density at radius 1 is 1.03 bits per heavy atom. The number of methoxy groups -OCH3 is 1. The van der Waals surface area contributed by atoms with Crippen LogP contribution in [0.1, 0.15) is 43.7 Å². The van der Waals surface area contributed by atoms with Gasteiger partial charge in [0.15, 0.2) is 0 Å². The number of piperidine rings is 1. The molecule has 0 aliphatic carbocycles. The maximum Gasteiger partial charge on any atom is 0.243 e. The fourth-order valence-corrected chi connectivity index (χ4v) is 5.16. The van der Waals surface area contributed by atoms with Gasteiger partial charge in [-0.25, -0.2) is 8.42 Å². The Morgan fingerprint density at radius 3 is 2.33 bits per heavy atom. The Bertz CT molecular complexity index is 965. The molecule has 1 aliphatic rings. The molecule has 0 saturated carbocycles. The van der Waals surface area contributed by atoms with Crippen LogP contribution < -0.4 is 10.1 Å². The first kappa shape index (κ1) is 22.3. The van der Waals surface area contributed by atoms with Crippen molar-refractivity contribution in [2.75, 3.05) is 25.5 Å². The van der Waals surface area contributed by atoms with Crippen LogP contribution in [0.4, 0.5) is 5.69 Å². The van der Waals surface area contributed by atoms with Gasteiger partial charge in [-0.1, -0.05) is 37.6 Å². The second-order valence-corrected chi connectivity index (χ2v) is 9.48. The van der Waals surface area contributed by atoms with Gasteiger partial charge in [-0.15, -0.1) is 0 Å². The van der Waals surface area contributed by atoms with Gasteiger partial charge in [0.05, 0.1) is 17.7 Å². The molecule has 162 valence electrons. The van der Waals surface area contributed by atoms with Gasteiger partial charge in [0.1, 0.15) is 5.75 Å². The second-order valence-electron chi connectivity index (χ2n) is 7.55. The average molecular weight is 431 g/mol. The number of sulfonamides is 1. The van der Waals surface area contributed by atoms with Gasteiger partial charge in [0, 0.05) is 19.5 Å². The van der Waals surface area contributed by atoms with Crippen LogP contribution in [0.15, 0.2) is 47.4 Å². The monoisotopic (exact) mass is 430 g/mol. The highest BCUT2D eigenvalue weighted by atomic mass is 32.2. The van der Waals surface area contributed by atoms with E-state index in [0.717, 1.165) is 31.2 Å². The number of carbonyl (C=O) groups excluding carboxylic acids is 1. The first-order valence-corrected chi connectivity index (χ1v) is 11.9. The molecule has 1 fully saturated rings. The van der Waals surface area contributed by atoms with Gasteiger partial charge in [0.25, 0.3) is 0 Å². The van der Waals surface area contributed by atoms with Crippen molar-refractivity contribution in [1.82, 2.24) is 4.31 Å². The normalized spacial score (nSPS) is 15.0. The summed E-state index contributed by atoms with van der Waals surface area (Å²) in [4.78, 5) is 12.7. The zero-order chi connectivity index (χ0) is 21.6. The highest BCUT2D eigenvalue weighted by molar-refractivity contribution is 7.89. The predicted octanol–water partition coefficient (Wildman–Crippen LogP) is 4.00. The smallest absolute Gasteiger partial charge is 0.243 e. The second kappa shape index (κ2) is 10.1. The van der Waals surface area contributed by atoms with Crippen LogP contribution in [0.3, 0.4) is 0 Å². The molecule has 1 amide bonds. The third-order valence-corrected chi connectivity index (χ3v) is 7.36. The van der Waals surface area contributed by atoms with E-state index in [0.29, 0.717) is 37.4 Å². The SMILES string of the molecule is CCc1ccc(CCC(=O)Nc2cc(S(=O)(=O)N3CCCCC3)ccc2OC)cc1. The zero-order valence-electron chi connectivity index (χ0n) is 17.7. The van der Waals surface area contributed by atoms with E-state index in [4.69, 9.17) is 4.74 Å². The van der Waals surface area contributed by atoms with E-state index in [2.05, 4.69) is 24.4 Å². The lowest BCUT2D eigenvalue weighted by atomic mass is 10.1. The molecule has 1 saturated heterocycles. The number of anilines is 1. The van der Waals surface area contributed by atoms with E-state index in [1.54, 1.807) is 6.07 Å². The first-order chi connectivity index (χ1) is 14.4. The Labute approximate surface area is 179 Å². The zero-order valence-corrected chi connectivity index (χ0v) is 18.5. The van der Waals surface area contributed by atoms with Gasteiger partial charge >= 0.3 is 0 Å². The van der Waals surface area contributed by atoms with Gasteiger partial charge in [-0.3, -0.25) is 4.79 Å². The molecule has 0 aromatic heterocycles. The molecular weight excluding hydrogens is 400 g/mol. The van der Waals surface area contributed by atoms with Gasteiger partial charge in [0.2, 0.25) is 15.9 Å². The summed E-state index contributed by atoms with van der Waals surface area (Å²) in [5.74, 6) is 0.258. The van der Waals surface area contributed by atoms with E-state index in [-0.39, 0.29) is 10.8 Å². The summed E-state index contributed by atoms with van der Waals surface area (Å²) in [5.41, 5.74) is 2.73. The highest BCUT2D eigenvalue weighted by Gasteiger charge is 2.27. The average Bonchev–Trinajstić information content (AvgIpc) is 2.78. The summed E-state index contributed by atoms with van der Waals surface area (Å²) in [5, 5.41) is 2.82.